The molecule has 6 nitrogen and oxygen atoms in total. The Balaban J connectivity index is 1.63. The van der Waals surface area contributed by atoms with Crippen molar-refractivity contribution in [3.8, 4) is 11.4 Å². The van der Waals surface area contributed by atoms with Crippen molar-refractivity contribution in [3.63, 3.8) is 0 Å². The third kappa shape index (κ3) is 3.81. The van der Waals surface area contributed by atoms with Gasteiger partial charge in [0.05, 0.1) is 16.7 Å². The van der Waals surface area contributed by atoms with Crippen LogP contribution in [0.15, 0.2) is 63.0 Å². The van der Waals surface area contributed by atoms with Crippen LogP contribution in [0, 0.1) is 0 Å². The van der Waals surface area contributed by atoms with Crippen LogP contribution in [0.3, 0.4) is 0 Å². The molecule has 0 saturated heterocycles. The molecular weight excluding hydrogens is 396 g/mol. The number of nitrogens with zero attached hydrogens (tertiary/aromatic N) is 4. The van der Waals surface area contributed by atoms with E-state index in [0.717, 1.165) is 12.0 Å². The van der Waals surface area contributed by atoms with Crippen LogP contribution in [0.1, 0.15) is 19.2 Å². The normalized spacial score (nSPS) is 11.2. The Morgan fingerprint density at radius 1 is 1.14 bits per heavy atom. The minimum absolute atomic E-state index is 0.0680. The van der Waals surface area contributed by atoms with Gasteiger partial charge in [0, 0.05) is 17.1 Å². The van der Waals surface area contributed by atoms with E-state index in [2.05, 4.69) is 15.1 Å². The molecule has 142 valence electrons. The van der Waals surface area contributed by atoms with Crippen molar-refractivity contribution in [2.75, 3.05) is 0 Å². The molecule has 0 aliphatic heterocycles. The predicted molar refractivity (Wildman–Crippen MR) is 111 cm³/mol. The van der Waals surface area contributed by atoms with Gasteiger partial charge in [-0.1, -0.05) is 65.8 Å². The lowest BCUT2D eigenvalue weighted by molar-refractivity contribution is 0.391. The van der Waals surface area contributed by atoms with Gasteiger partial charge in [0.15, 0.2) is 5.16 Å². The summed E-state index contributed by atoms with van der Waals surface area (Å²) in [6, 6.07) is 14.8. The molecule has 0 aliphatic carbocycles. The molecule has 0 spiro atoms. The molecule has 0 bridgehead atoms. The van der Waals surface area contributed by atoms with Gasteiger partial charge in [-0.25, -0.2) is 4.98 Å². The molecule has 4 aromatic rings. The second-order valence-corrected chi connectivity index (χ2v) is 7.56. The second-order valence-electron chi connectivity index (χ2n) is 6.18. The number of fused-ring (bicyclic) bond motifs is 1. The Bertz CT molecular complexity index is 1170. The summed E-state index contributed by atoms with van der Waals surface area (Å²) in [6.45, 7) is 2.61. The Labute approximate surface area is 170 Å². The van der Waals surface area contributed by atoms with Crippen molar-refractivity contribution in [2.45, 2.75) is 30.8 Å². The minimum atomic E-state index is -0.0680. The van der Waals surface area contributed by atoms with Crippen molar-refractivity contribution in [3.05, 3.63) is 69.8 Å². The van der Waals surface area contributed by atoms with E-state index < -0.39 is 0 Å². The first-order valence-corrected chi connectivity index (χ1v) is 10.2. The van der Waals surface area contributed by atoms with Crippen molar-refractivity contribution in [1.29, 1.82) is 0 Å². The van der Waals surface area contributed by atoms with Crippen LogP contribution in [-0.2, 0) is 12.3 Å². The van der Waals surface area contributed by atoms with Gasteiger partial charge in [-0.05, 0) is 24.6 Å². The van der Waals surface area contributed by atoms with Crippen molar-refractivity contribution >= 4 is 34.3 Å². The fourth-order valence-electron chi connectivity index (χ4n) is 2.85. The summed E-state index contributed by atoms with van der Waals surface area (Å²) in [6.07, 6.45) is 0.826. The average molecular weight is 413 g/mol. The summed E-state index contributed by atoms with van der Waals surface area (Å²) in [5.41, 5.74) is 1.41. The summed E-state index contributed by atoms with van der Waals surface area (Å²) in [5, 5.41) is 5.75. The highest BCUT2D eigenvalue weighted by molar-refractivity contribution is 7.98. The van der Waals surface area contributed by atoms with E-state index in [9.17, 15) is 4.79 Å². The smallest absolute Gasteiger partial charge is 0.262 e. The molecule has 0 N–H and O–H groups in total. The van der Waals surface area contributed by atoms with E-state index in [-0.39, 0.29) is 5.56 Å². The number of hydrogen-bond donors (Lipinski definition) is 0. The number of hydrogen-bond acceptors (Lipinski definition) is 6. The van der Waals surface area contributed by atoms with Crippen LogP contribution < -0.4 is 5.56 Å². The van der Waals surface area contributed by atoms with Crippen LogP contribution in [0.5, 0.6) is 0 Å². The molecule has 0 unspecified atom stereocenters. The summed E-state index contributed by atoms with van der Waals surface area (Å²) in [5.74, 6) is 1.44. The maximum Gasteiger partial charge on any atom is 0.262 e. The molecule has 0 radical (unpaired) electrons. The van der Waals surface area contributed by atoms with Gasteiger partial charge < -0.3 is 4.52 Å². The highest BCUT2D eigenvalue weighted by atomic mass is 35.5. The molecule has 0 aliphatic rings. The number of rotatable bonds is 6. The molecule has 8 heteroatoms. The molecule has 2 heterocycles. The largest absolute Gasteiger partial charge is 0.338 e. The quantitative estimate of drug-likeness (QED) is 0.334. The summed E-state index contributed by atoms with van der Waals surface area (Å²) in [7, 11) is 0. The van der Waals surface area contributed by atoms with E-state index in [0.29, 0.717) is 45.1 Å². The lowest BCUT2D eigenvalue weighted by Crippen LogP contribution is -2.23. The SMILES string of the molecule is CCCn1c(SCc2nc(-c3ccccc3)no2)nc2cc(Cl)ccc2c1=O. The number of aromatic nitrogens is 4. The Kier molecular flexibility index (Phi) is 5.45. The van der Waals surface area contributed by atoms with E-state index >= 15 is 0 Å². The van der Waals surface area contributed by atoms with Gasteiger partial charge in [-0.2, -0.15) is 4.98 Å². The fraction of sp³-hybridized carbons (Fsp3) is 0.200. The third-order valence-corrected chi connectivity index (χ3v) is 5.35. The molecule has 2 aromatic heterocycles. The lowest BCUT2D eigenvalue weighted by atomic mass is 10.2. The van der Waals surface area contributed by atoms with Crippen LogP contribution in [0.2, 0.25) is 5.02 Å². The van der Waals surface area contributed by atoms with E-state index in [1.54, 1.807) is 22.8 Å². The standard InChI is InChI=1S/C20H17ClN4O2S/c1-2-10-25-19(26)15-9-8-14(21)11-16(15)22-20(25)28-12-17-23-18(24-27-17)13-6-4-3-5-7-13/h3-9,11H,2,10,12H2,1H3. The maximum atomic E-state index is 12.9. The first-order valence-electron chi connectivity index (χ1n) is 8.86. The Morgan fingerprint density at radius 2 is 1.96 bits per heavy atom. The minimum Gasteiger partial charge on any atom is -0.338 e. The Hall–Kier alpha value is -2.64. The second kappa shape index (κ2) is 8.16. The van der Waals surface area contributed by atoms with Gasteiger partial charge in [0.1, 0.15) is 0 Å². The van der Waals surface area contributed by atoms with Gasteiger partial charge in [0.25, 0.3) is 5.56 Å². The molecule has 4 rings (SSSR count). The zero-order valence-corrected chi connectivity index (χ0v) is 16.7. The highest BCUT2D eigenvalue weighted by Crippen LogP contribution is 2.24. The van der Waals surface area contributed by atoms with E-state index in [1.807, 2.05) is 37.3 Å². The van der Waals surface area contributed by atoms with Crippen LogP contribution in [0.4, 0.5) is 0 Å². The summed E-state index contributed by atoms with van der Waals surface area (Å²) < 4.78 is 7.05. The zero-order valence-electron chi connectivity index (χ0n) is 15.1. The highest BCUT2D eigenvalue weighted by Gasteiger charge is 2.14. The average Bonchev–Trinajstić information content (AvgIpc) is 3.18. The molecule has 28 heavy (non-hydrogen) atoms. The topological polar surface area (TPSA) is 73.8 Å². The summed E-state index contributed by atoms with van der Waals surface area (Å²) >= 11 is 7.47. The number of halogens is 1. The predicted octanol–water partition coefficient (Wildman–Crippen LogP) is 4.80. The lowest BCUT2D eigenvalue weighted by Gasteiger charge is -2.11. The monoisotopic (exact) mass is 412 g/mol. The fourth-order valence-corrected chi connectivity index (χ4v) is 3.88. The van der Waals surface area contributed by atoms with Crippen molar-refractivity contribution < 1.29 is 4.52 Å². The molecule has 0 fully saturated rings. The van der Waals surface area contributed by atoms with Crippen LogP contribution in [-0.4, -0.2) is 19.7 Å². The maximum absolute atomic E-state index is 12.9. The van der Waals surface area contributed by atoms with Gasteiger partial charge in [0.2, 0.25) is 11.7 Å². The Morgan fingerprint density at radius 3 is 2.75 bits per heavy atom. The molecule has 2 aromatic carbocycles. The summed E-state index contributed by atoms with van der Waals surface area (Å²) in [4.78, 5) is 21.9. The molecule has 0 saturated carbocycles. The van der Waals surface area contributed by atoms with Crippen molar-refractivity contribution in [2.24, 2.45) is 0 Å². The van der Waals surface area contributed by atoms with Crippen LogP contribution >= 0.6 is 23.4 Å². The van der Waals surface area contributed by atoms with Gasteiger partial charge in [-0.3, -0.25) is 9.36 Å². The van der Waals surface area contributed by atoms with Gasteiger partial charge >= 0.3 is 0 Å². The number of benzene rings is 2. The molecular formula is C20H17ClN4O2S. The number of thioether (sulfide) groups is 1. The zero-order chi connectivity index (χ0) is 19.5. The van der Waals surface area contributed by atoms with E-state index in [4.69, 9.17) is 16.1 Å². The van der Waals surface area contributed by atoms with Crippen LogP contribution in [0.25, 0.3) is 22.3 Å². The van der Waals surface area contributed by atoms with Gasteiger partial charge in [-0.15, -0.1) is 0 Å². The van der Waals surface area contributed by atoms with Crippen molar-refractivity contribution in [1.82, 2.24) is 19.7 Å². The first kappa shape index (κ1) is 18.7. The first-order chi connectivity index (χ1) is 13.7. The molecule has 0 atom stereocenters. The van der Waals surface area contributed by atoms with E-state index in [1.165, 1.54) is 11.8 Å². The molecule has 0 amide bonds. The third-order valence-electron chi connectivity index (χ3n) is 4.15.